The van der Waals surface area contributed by atoms with Gasteiger partial charge in [-0.15, -0.1) is 0 Å². The Morgan fingerprint density at radius 3 is 1.47 bits per heavy atom. The number of nitrogens with two attached hydrogens (primary N) is 1. The van der Waals surface area contributed by atoms with Gasteiger partial charge in [0.1, 0.15) is 0 Å². The maximum atomic E-state index is 12.6. The zero-order valence-corrected chi connectivity index (χ0v) is 6.72. The maximum Gasteiger partial charge on any atom is 0.460 e. The number of alkyl halides is 7. The predicted molar refractivity (Wildman–Crippen MR) is 34.0 cm³/mol. The van der Waals surface area contributed by atoms with Crippen molar-refractivity contribution in [3.63, 3.8) is 0 Å². The topological polar surface area (TPSA) is 49.9 Å². The summed E-state index contributed by atoms with van der Waals surface area (Å²) >= 11 is 0. The summed E-state index contributed by atoms with van der Waals surface area (Å²) in [6.45, 7) is 0. The largest absolute Gasteiger partial charge is 0.460 e. The molecule has 9 heteroatoms. The van der Waals surface area contributed by atoms with Gasteiger partial charge in [-0.25, -0.2) is 0 Å². The molecule has 0 heterocycles. The highest BCUT2D eigenvalue weighted by molar-refractivity contribution is 5.62. The lowest BCUT2D eigenvalue weighted by Gasteiger charge is -2.25. The van der Waals surface area contributed by atoms with Crippen LogP contribution in [0.4, 0.5) is 36.4 Å². The molecule has 1 rings (SSSR count). The Labute approximate surface area is 77.7 Å². The molecule has 0 fully saturated rings. The molecule has 1 aromatic carbocycles. The van der Waals surface area contributed by atoms with Crippen molar-refractivity contribution in [2.24, 2.45) is 0 Å². The summed E-state index contributed by atoms with van der Waals surface area (Å²) in [4.78, 5) is 0. The molecule has 0 unspecified atom stereocenters. The van der Waals surface area contributed by atoms with Crippen molar-refractivity contribution in [1.29, 1.82) is 5.41 Å². The van der Waals surface area contributed by atoms with Gasteiger partial charge < -0.3 is 5.73 Å². The highest BCUT2D eigenvalue weighted by Gasteiger charge is 2.75. The van der Waals surface area contributed by atoms with Crippen LogP contribution in [-0.4, -0.2) is 12.1 Å². The molecule has 3 N–H and O–H groups in total. The van der Waals surface area contributed by atoms with E-state index in [1.54, 1.807) is 0 Å². The molecule has 0 atom stereocenters. The number of hydrogen-bond acceptors (Lipinski definition) is 2. The monoisotopic (exact) mass is 236 g/mol. The van der Waals surface area contributed by atoms with E-state index >= 15 is 0 Å². The fourth-order valence-corrected chi connectivity index (χ4v) is 0.863. The number of nitrogen functional groups attached to an aromatic ring is 1. The number of rotatable bonds is 2. The lowest BCUT2D eigenvalue weighted by Crippen LogP contribution is -2.49. The van der Waals surface area contributed by atoms with Gasteiger partial charge in [0.25, 0.3) is 0 Å². The molecule has 2 nitrogen and oxygen atoms in total. The molecule has 0 aliphatic heterocycles. The Kier molecular flexibility index (Phi) is 2.08. The molecule has 0 aliphatic carbocycles. The summed E-state index contributed by atoms with van der Waals surface area (Å²) in [6.07, 6.45) is -6.40. The second kappa shape index (κ2) is 2.64. The van der Waals surface area contributed by atoms with E-state index in [0.29, 0.717) is 0 Å². The van der Waals surface area contributed by atoms with E-state index in [1.807, 2.05) is 0 Å². The normalized spacial score (nSPS) is 14.9. The minimum Gasteiger partial charge on any atom is -0.397 e. The highest BCUT2D eigenvalue weighted by atomic mass is 19.4. The number of nitrogens with one attached hydrogen (secondary N) is 1. The van der Waals surface area contributed by atoms with Gasteiger partial charge in [0.05, 0.1) is 16.6 Å². The first-order valence-corrected chi connectivity index (χ1v) is 3.36. The molecule has 0 radical (unpaired) electrons. The molecule has 0 saturated carbocycles. The third kappa shape index (κ3) is 1.37. The average Bonchev–Trinajstić information content (AvgIpc) is 2.57. The molecular weight excluding hydrogens is 233 g/mol. The maximum absolute atomic E-state index is 12.6. The van der Waals surface area contributed by atoms with Crippen LogP contribution in [0.15, 0.2) is 0 Å². The molecule has 86 valence electrons. The summed E-state index contributed by atoms with van der Waals surface area (Å²) in [5.74, 6) is -11.7. The molecule has 0 amide bonds. The second-order valence-corrected chi connectivity index (χ2v) is 2.81. The van der Waals surface area contributed by atoms with E-state index in [9.17, 15) is 30.7 Å². The van der Waals surface area contributed by atoms with Crippen molar-refractivity contribution in [2.45, 2.75) is 18.0 Å². The van der Waals surface area contributed by atoms with E-state index in [2.05, 4.69) is 5.73 Å². The highest BCUT2D eigenvalue weighted by Crippen LogP contribution is 2.53. The molecule has 0 saturated heterocycles. The lowest BCUT2D eigenvalue weighted by atomic mass is 10.1. The van der Waals surface area contributed by atoms with E-state index in [1.165, 1.54) is 0 Å². The van der Waals surface area contributed by atoms with Crippen molar-refractivity contribution in [3.05, 3.63) is 10.9 Å². The minimum absolute atomic E-state index is 1.02. The van der Waals surface area contributed by atoms with E-state index in [0.717, 1.165) is 0 Å². The van der Waals surface area contributed by atoms with Gasteiger partial charge in [0.2, 0.25) is 0 Å². The van der Waals surface area contributed by atoms with Gasteiger partial charge in [-0.1, -0.05) is 0 Å². The predicted octanol–water partition coefficient (Wildman–Crippen LogP) is 1.91. The smallest absolute Gasteiger partial charge is 0.397 e. The van der Waals surface area contributed by atoms with Gasteiger partial charge in [-0.3, -0.25) is 5.41 Å². The van der Waals surface area contributed by atoms with Crippen LogP contribution in [0, 0.1) is 5.41 Å². The van der Waals surface area contributed by atoms with Gasteiger partial charge in [0.15, 0.2) is 0 Å². The summed E-state index contributed by atoms with van der Waals surface area (Å²) < 4.78 is 84.7. The third-order valence-corrected chi connectivity index (χ3v) is 1.79. The summed E-state index contributed by atoms with van der Waals surface area (Å²) in [6, 6.07) is 0. The molecular formula is C6H3F7N2. The van der Waals surface area contributed by atoms with Gasteiger partial charge in [0, 0.05) is 0 Å². The minimum atomic E-state index is -6.40. The van der Waals surface area contributed by atoms with Gasteiger partial charge >= 0.3 is 18.0 Å². The summed E-state index contributed by atoms with van der Waals surface area (Å²) in [7, 11) is 0. The Morgan fingerprint density at radius 1 is 0.933 bits per heavy atom. The van der Waals surface area contributed by atoms with E-state index in [-0.39, 0.29) is 0 Å². The average molecular weight is 236 g/mol. The van der Waals surface area contributed by atoms with Crippen LogP contribution in [-0.2, 0) is 5.92 Å². The quantitative estimate of drug-likeness (QED) is 0.757. The van der Waals surface area contributed by atoms with Crippen LogP contribution in [0.5, 0.6) is 0 Å². The lowest BCUT2D eigenvalue weighted by molar-refractivity contribution is -0.358. The number of hydrogen-bond donors (Lipinski definition) is 2. The van der Waals surface area contributed by atoms with Gasteiger partial charge in [-0.05, 0) is 0 Å². The Hall–Kier alpha value is -1.28. The second-order valence-electron chi connectivity index (χ2n) is 2.81. The van der Waals surface area contributed by atoms with Gasteiger partial charge in [-0.2, -0.15) is 30.7 Å². The molecule has 0 spiro atoms. The van der Waals surface area contributed by atoms with Crippen molar-refractivity contribution in [3.8, 4) is 0 Å². The van der Waals surface area contributed by atoms with Crippen molar-refractivity contribution in [2.75, 3.05) is 5.73 Å². The fourth-order valence-electron chi connectivity index (χ4n) is 0.863. The summed E-state index contributed by atoms with van der Waals surface area (Å²) in [5, 5.41) is 5.37. The van der Waals surface area contributed by atoms with Crippen LogP contribution >= 0.6 is 0 Å². The number of halogens is 7. The first-order chi connectivity index (χ1) is 6.44. The van der Waals surface area contributed by atoms with Crippen molar-refractivity contribution in [1.82, 2.24) is 0 Å². The zero-order chi connectivity index (χ0) is 12.2. The standard InChI is InChI=1S/C6H3F7N2/c7-4(8,1-2(14)3(1)15)5(9,10)6(11,12)13/h14H,15H2. The first kappa shape index (κ1) is 11.8. The summed E-state index contributed by atoms with van der Waals surface area (Å²) in [5.41, 5.74) is 1.84. The Morgan fingerprint density at radius 2 is 1.27 bits per heavy atom. The Bertz CT molecular complexity index is 395. The molecule has 0 aromatic heterocycles. The molecule has 0 aliphatic rings. The fraction of sp³-hybridized carbons (Fsp3) is 0.500. The molecule has 15 heavy (non-hydrogen) atoms. The van der Waals surface area contributed by atoms with Crippen LogP contribution in [0.25, 0.3) is 0 Å². The van der Waals surface area contributed by atoms with Crippen LogP contribution < -0.4 is 11.1 Å². The third-order valence-electron chi connectivity index (χ3n) is 1.79. The molecule has 1 aromatic rings. The SMILES string of the molecule is N=c1c(N)c1C(F)(F)C(F)(F)C(F)(F)F. The zero-order valence-electron chi connectivity index (χ0n) is 6.72. The van der Waals surface area contributed by atoms with Crippen LogP contribution in [0.2, 0.25) is 0 Å². The molecule has 0 bridgehead atoms. The van der Waals surface area contributed by atoms with E-state index in [4.69, 9.17) is 5.41 Å². The van der Waals surface area contributed by atoms with Crippen LogP contribution in [0.1, 0.15) is 5.56 Å². The van der Waals surface area contributed by atoms with E-state index < -0.39 is 34.6 Å². The van der Waals surface area contributed by atoms with Crippen LogP contribution in [0.3, 0.4) is 0 Å². The Balaban J connectivity index is 3.18. The van der Waals surface area contributed by atoms with Crippen molar-refractivity contribution >= 4 is 5.69 Å². The van der Waals surface area contributed by atoms with Crippen molar-refractivity contribution < 1.29 is 30.7 Å². The first-order valence-electron chi connectivity index (χ1n) is 3.36. The number of anilines is 1.